The number of para-hydroxylation sites is 1. The highest BCUT2D eigenvalue weighted by Gasteiger charge is 2.11. The number of hydrogen-bond acceptors (Lipinski definition) is 4. The zero-order valence-electron chi connectivity index (χ0n) is 12.8. The number of nitrogens with one attached hydrogen (secondary N) is 2. The van der Waals surface area contributed by atoms with Crippen LogP contribution >= 0.6 is 23.8 Å². The standard InChI is InChI=1S/C16H14ClN5OS/c1-2-15(23)19-16(24)18-12-9-14-13(8-11(12)17)20-22(21-14)10-6-4-3-5-7-10/h3-9H,2H2,1H3,(H2,18,19,23,24). The van der Waals surface area contributed by atoms with Crippen LogP contribution in [0.5, 0.6) is 0 Å². The number of nitrogens with zero attached hydrogens (tertiary/aromatic N) is 3. The third-order valence-electron chi connectivity index (χ3n) is 3.28. The quantitative estimate of drug-likeness (QED) is 0.702. The Morgan fingerprint density at radius 2 is 1.88 bits per heavy atom. The summed E-state index contributed by atoms with van der Waals surface area (Å²) < 4.78 is 0. The number of amides is 1. The Balaban J connectivity index is 1.89. The summed E-state index contributed by atoms with van der Waals surface area (Å²) in [6, 6.07) is 13.0. The third kappa shape index (κ3) is 3.52. The topological polar surface area (TPSA) is 71.8 Å². The number of fused-ring (bicyclic) bond motifs is 1. The first kappa shape index (κ1) is 16.4. The molecule has 0 fully saturated rings. The molecular weight excluding hydrogens is 346 g/mol. The van der Waals surface area contributed by atoms with E-state index in [1.54, 1.807) is 23.9 Å². The number of carbonyl (C=O) groups excluding carboxylic acids is 1. The lowest BCUT2D eigenvalue weighted by atomic mass is 10.3. The van der Waals surface area contributed by atoms with Gasteiger partial charge in [-0.05, 0) is 36.5 Å². The Morgan fingerprint density at radius 3 is 2.54 bits per heavy atom. The smallest absolute Gasteiger partial charge is 0.225 e. The molecule has 24 heavy (non-hydrogen) atoms. The molecule has 0 spiro atoms. The molecule has 2 N–H and O–H groups in total. The highest BCUT2D eigenvalue weighted by atomic mass is 35.5. The summed E-state index contributed by atoms with van der Waals surface area (Å²) in [5.41, 5.74) is 2.74. The van der Waals surface area contributed by atoms with Gasteiger partial charge in [-0.25, -0.2) is 0 Å². The summed E-state index contributed by atoms with van der Waals surface area (Å²) in [6.07, 6.45) is 0.347. The van der Waals surface area contributed by atoms with Crippen LogP contribution in [0, 0.1) is 0 Å². The molecule has 122 valence electrons. The van der Waals surface area contributed by atoms with E-state index < -0.39 is 0 Å². The Bertz CT molecular complexity index is 909. The number of hydrogen-bond donors (Lipinski definition) is 2. The van der Waals surface area contributed by atoms with E-state index in [0.717, 1.165) is 5.69 Å². The second-order valence-electron chi connectivity index (χ2n) is 5.00. The zero-order valence-corrected chi connectivity index (χ0v) is 14.4. The number of carbonyl (C=O) groups is 1. The first-order valence-corrected chi connectivity index (χ1v) is 8.08. The lowest BCUT2D eigenvalue weighted by molar-refractivity contribution is -0.119. The molecule has 3 rings (SSSR count). The maximum atomic E-state index is 11.4. The number of halogens is 1. The summed E-state index contributed by atoms with van der Waals surface area (Å²) >= 11 is 11.4. The van der Waals surface area contributed by atoms with Gasteiger partial charge >= 0.3 is 0 Å². The van der Waals surface area contributed by atoms with Crippen molar-refractivity contribution < 1.29 is 4.79 Å². The van der Waals surface area contributed by atoms with Crippen molar-refractivity contribution in [2.24, 2.45) is 0 Å². The summed E-state index contributed by atoms with van der Waals surface area (Å²) in [7, 11) is 0. The number of aromatic nitrogens is 3. The molecule has 0 saturated carbocycles. The molecule has 0 aliphatic heterocycles. The Kier molecular flexibility index (Phi) is 4.73. The van der Waals surface area contributed by atoms with Crippen molar-refractivity contribution in [2.45, 2.75) is 13.3 Å². The van der Waals surface area contributed by atoms with Gasteiger partial charge in [-0.2, -0.15) is 4.80 Å². The Morgan fingerprint density at radius 1 is 1.21 bits per heavy atom. The number of rotatable bonds is 3. The average Bonchev–Trinajstić information content (AvgIpc) is 2.98. The minimum absolute atomic E-state index is 0.167. The van der Waals surface area contributed by atoms with Crippen molar-refractivity contribution in [3.63, 3.8) is 0 Å². The van der Waals surface area contributed by atoms with Crippen LogP contribution in [0.1, 0.15) is 13.3 Å². The van der Waals surface area contributed by atoms with Crippen LogP contribution in [0.4, 0.5) is 5.69 Å². The van der Waals surface area contributed by atoms with Crippen LogP contribution in [-0.2, 0) is 4.79 Å². The molecule has 0 aliphatic rings. The van der Waals surface area contributed by atoms with Crippen LogP contribution in [-0.4, -0.2) is 26.0 Å². The lowest BCUT2D eigenvalue weighted by Crippen LogP contribution is -2.33. The molecule has 0 radical (unpaired) electrons. The minimum atomic E-state index is -0.167. The fraction of sp³-hybridized carbons (Fsp3) is 0.125. The van der Waals surface area contributed by atoms with Crippen molar-refractivity contribution in [3.05, 3.63) is 47.5 Å². The van der Waals surface area contributed by atoms with E-state index in [1.165, 1.54) is 0 Å². The Hall–Kier alpha value is -2.51. The summed E-state index contributed by atoms with van der Waals surface area (Å²) in [4.78, 5) is 12.9. The molecule has 8 heteroatoms. The maximum Gasteiger partial charge on any atom is 0.225 e. The SMILES string of the molecule is CCC(=O)NC(=S)Nc1cc2nn(-c3ccccc3)nc2cc1Cl. The van der Waals surface area contributed by atoms with Gasteiger partial charge in [-0.3, -0.25) is 4.79 Å². The highest BCUT2D eigenvalue weighted by molar-refractivity contribution is 7.80. The fourth-order valence-corrected chi connectivity index (χ4v) is 2.51. The van der Waals surface area contributed by atoms with E-state index in [2.05, 4.69) is 20.8 Å². The maximum absolute atomic E-state index is 11.4. The normalized spacial score (nSPS) is 10.6. The molecule has 1 heterocycles. The van der Waals surface area contributed by atoms with Gasteiger partial charge < -0.3 is 10.6 Å². The predicted molar refractivity (Wildman–Crippen MR) is 98.5 cm³/mol. The van der Waals surface area contributed by atoms with Crippen LogP contribution in [0.15, 0.2) is 42.5 Å². The third-order valence-corrected chi connectivity index (χ3v) is 3.80. The van der Waals surface area contributed by atoms with E-state index in [9.17, 15) is 4.79 Å². The van der Waals surface area contributed by atoms with Gasteiger partial charge in [-0.15, -0.1) is 10.2 Å². The van der Waals surface area contributed by atoms with Crippen LogP contribution in [0.3, 0.4) is 0 Å². The van der Waals surface area contributed by atoms with Gasteiger partial charge in [0.05, 0.1) is 16.4 Å². The molecule has 6 nitrogen and oxygen atoms in total. The van der Waals surface area contributed by atoms with Crippen molar-refractivity contribution >= 4 is 51.6 Å². The largest absolute Gasteiger partial charge is 0.331 e. The highest BCUT2D eigenvalue weighted by Crippen LogP contribution is 2.26. The van der Waals surface area contributed by atoms with Crippen molar-refractivity contribution in [1.29, 1.82) is 0 Å². The second kappa shape index (κ2) is 6.94. The molecule has 2 aromatic carbocycles. The van der Waals surface area contributed by atoms with Crippen molar-refractivity contribution in [3.8, 4) is 5.69 Å². The summed E-state index contributed by atoms with van der Waals surface area (Å²) in [5, 5.41) is 15.0. The number of thiocarbonyl (C=S) groups is 1. The van der Waals surface area contributed by atoms with Gasteiger partial charge in [0.1, 0.15) is 11.0 Å². The molecule has 0 saturated heterocycles. The van der Waals surface area contributed by atoms with Gasteiger partial charge in [0.25, 0.3) is 0 Å². The lowest BCUT2D eigenvalue weighted by Gasteiger charge is -2.09. The molecule has 1 aromatic heterocycles. The average molecular weight is 360 g/mol. The molecule has 0 atom stereocenters. The van der Waals surface area contributed by atoms with Crippen molar-refractivity contribution in [1.82, 2.24) is 20.3 Å². The van der Waals surface area contributed by atoms with E-state index in [4.69, 9.17) is 23.8 Å². The van der Waals surface area contributed by atoms with E-state index >= 15 is 0 Å². The molecule has 0 bridgehead atoms. The minimum Gasteiger partial charge on any atom is -0.331 e. The van der Waals surface area contributed by atoms with Crippen LogP contribution < -0.4 is 10.6 Å². The molecule has 0 aliphatic carbocycles. The van der Waals surface area contributed by atoms with E-state index in [-0.39, 0.29) is 11.0 Å². The number of anilines is 1. The molecular formula is C16H14ClN5OS. The zero-order chi connectivity index (χ0) is 17.1. The van der Waals surface area contributed by atoms with Crippen LogP contribution in [0.25, 0.3) is 16.7 Å². The first-order chi connectivity index (χ1) is 11.6. The van der Waals surface area contributed by atoms with Gasteiger partial charge in [0, 0.05) is 6.42 Å². The molecule has 1 amide bonds. The fourth-order valence-electron chi connectivity index (χ4n) is 2.08. The van der Waals surface area contributed by atoms with E-state index in [0.29, 0.717) is 28.2 Å². The van der Waals surface area contributed by atoms with Gasteiger partial charge in [0.2, 0.25) is 5.91 Å². The monoisotopic (exact) mass is 359 g/mol. The first-order valence-electron chi connectivity index (χ1n) is 7.29. The van der Waals surface area contributed by atoms with E-state index in [1.807, 2.05) is 30.3 Å². The van der Waals surface area contributed by atoms with Gasteiger partial charge in [0.15, 0.2) is 5.11 Å². The summed E-state index contributed by atoms with van der Waals surface area (Å²) in [5.74, 6) is -0.167. The predicted octanol–water partition coefficient (Wildman–Crippen LogP) is 3.30. The van der Waals surface area contributed by atoms with Gasteiger partial charge in [-0.1, -0.05) is 36.7 Å². The molecule has 0 unspecified atom stereocenters. The van der Waals surface area contributed by atoms with Crippen LogP contribution in [0.2, 0.25) is 5.02 Å². The second-order valence-corrected chi connectivity index (χ2v) is 5.82. The Labute approximate surface area is 148 Å². The summed E-state index contributed by atoms with van der Waals surface area (Å²) in [6.45, 7) is 1.75. The van der Waals surface area contributed by atoms with Crippen molar-refractivity contribution in [2.75, 3.05) is 5.32 Å². The molecule has 3 aromatic rings. The number of benzene rings is 2.